The van der Waals surface area contributed by atoms with Crippen LogP contribution >= 0.6 is 0 Å². The Labute approximate surface area is 71.2 Å². The number of fused-ring (bicyclic) bond motifs is 1. The van der Waals surface area contributed by atoms with Crippen LogP contribution in [0.15, 0.2) is 12.3 Å². The molecular formula is C6H4N4O3. The van der Waals surface area contributed by atoms with E-state index in [2.05, 4.69) is 15.3 Å². The zero-order valence-corrected chi connectivity index (χ0v) is 6.25. The fourth-order valence-electron chi connectivity index (χ4n) is 0.990. The van der Waals surface area contributed by atoms with E-state index in [0.717, 1.165) is 0 Å². The van der Waals surface area contributed by atoms with E-state index < -0.39 is 5.97 Å². The smallest absolute Gasteiger partial charge is 0.338 e. The van der Waals surface area contributed by atoms with Gasteiger partial charge in [-0.1, -0.05) is 4.85 Å². The van der Waals surface area contributed by atoms with E-state index in [1.54, 1.807) is 0 Å². The molecule has 2 rings (SSSR count). The topological polar surface area (TPSA) is 101 Å². The van der Waals surface area contributed by atoms with Gasteiger partial charge >= 0.3 is 5.97 Å². The molecule has 13 heavy (non-hydrogen) atoms. The average molecular weight is 180 g/mol. The number of hydrogen-bond acceptors (Lipinski definition) is 5. The molecule has 0 saturated heterocycles. The van der Waals surface area contributed by atoms with Crippen molar-refractivity contribution in [3.8, 4) is 0 Å². The van der Waals surface area contributed by atoms with Crippen molar-refractivity contribution in [1.82, 2.24) is 20.1 Å². The van der Waals surface area contributed by atoms with Crippen LogP contribution in [0.5, 0.6) is 0 Å². The molecule has 0 aromatic carbocycles. The minimum atomic E-state index is -1.13. The third kappa shape index (κ3) is 0.975. The monoisotopic (exact) mass is 180 g/mol. The molecule has 0 radical (unpaired) electrons. The standard InChI is InChI=1S/C6H4N4O3/c11-6(12)3-1-2-7-5-4(3)8-9-10(5)13/h1-2,13H,(H,11,12). The van der Waals surface area contributed by atoms with Gasteiger partial charge in [0.05, 0.1) is 5.56 Å². The first-order valence-corrected chi connectivity index (χ1v) is 3.33. The van der Waals surface area contributed by atoms with Gasteiger partial charge < -0.3 is 10.3 Å². The lowest BCUT2D eigenvalue weighted by Gasteiger charge is -1.92. The lowest BCUT2D eigenvalue weighted by Crippen LogP contribution is -1.99. The highest BCUT2D eigenvalue weighted by Crippen LogP contribution is 2.11. The van der Waals surface area contributed by atoms with Crippen molar-refractivity contribution in [2.75, 3.05) is 0 Å². The number of aromatic nitrogens is 4. The summed E-state index contributed by atoms with van der Waals surface area (Å²) in [6.45, 7) is 0. The summed E-state index contributed by atoms with van der Waals surface area (Å²) in [6, 6.07) is 1.29. The fourth-order valence-corrected chi connectivity index (χ4v) is 0.990. The zero-order chi connectivity index (χ0) is 9.42. The molecule has 0 bridgehead atoms. The number of carboxylic acids is 1. The highest BCUT2D eigenvalue weighted by Gasteiger charge is 2.13. The quantitative estimate of drug-likeness (QED) is 0.587. The zero-order valence-electron chi connectivity index (χ0n) is 6.25. The van der Waals surface area contributed by atoms with Gasteiger partial charge in [0.2, 0.25) is 5.65 Å². The van der Waals surface area contributed by atoms with Gasteiger partial charge in [0.15, 0.2) is 5.52 Å². The van der Waals surface area contributed by atoms with Crippen molar-refractivity contribution in [3.63, 3.8) is 0 Å². The Bertz CT molecular complexity index is 478. The molecule has 0 amide bonds. The molecule has 0 spiro atoms. The molecule has 2 aromatic heterocycles. The first-order chi connectivity index (χ1) is 6.20. The Morgan fingerprint density at radius 2 is 2.31 bits per heavy atom. The maximum Gasteiger partial charge on any atom is 0.338 e. The molecule has 0 saturated carbocycles. The Balaban J connectivity index is 2.84. The second kappa shape index (κ2) is 2.41. The number of carbonyl (C=O) groups is 1. The van der Waals surface area contributed by atoms with Crippen molar-refractivity contribution < 1.29 is 15.1 Å². The van der Waals surface area contributed by atoms with E-state index in [4.69, 9.17) is 10.3 Å². The van der Waals surface area contributed by atoms with Crippen molar-refractivity contribution in [1.29, 1.82) is 0 Å². The summed E-state index contributed by atoms with van der Waals surface area (Å²) in [5.74, 6) is -1.13. The van der Waals surface area contributed by atoms with Gasteiger partial charge in [-0.05, 0) is 11.3 Å². The molecule has 0 fully saturated rings. The van der Waals surface area contributed by atoms with Crippen LogP contribution in [0, 0.1) is 0 Å². The third-order valence-corrected chi connectivity index (χ3v) is 1.55. The molecule has 2 heterocycles. The van der Waals surface area contributed by atoms with E-state index in [0.29, 0.717) is 4.85 Å². The molecule has 66 valence electrons. The largest absolute Gasteiger partial charge is 0.478 e. The summed E-state index contributed by atoms with van der Waals surface area (Å²) in [6.07, 6.45) is 1.27. The van der Waals surface area contributed by atoms with Crippen LogP contribution in [0.2, 0.25) is 0 Å². The summed E-state index contributed by atoms with van der Waals surface area (Å²) >= 11 is 0. The number of rotatable bonds is 1. The van der Waals surface area contributed by atoms with E-state index in [1.165, 1.54) is 12.3 Å². The van der Waals surface area contributed by atoms with Crippen LogP contribution in [-0.2, 0) is 0 Å². The molecule has 2 N–H and O–H groups in total. The molecule has 2 aromatic rings. The third-order valence-electron chi connectivity index (χ3n) is 1.55. The summed E-state index contributed by atoms with van der Waals surface area (Å²) in [4.78, 5) is 14.8. The molecular weight excluding hydrogens is 176 g/mol. The predicted octanol–water partition coefficient (Wildman–Crippen LogP) is -0.238. The Morgan fingerprint density at radius 3 is 3.00 bits per heavy atom. The summed E-state index contributed by atoms with van der Waals surface area (Å²) in [7, 11) is 0. The lowest BCUT2D eigenvalue weighted by atomic mass is 10.2. The van der Waals surface area contributed by atoms with Crippen LogP contribution in [0.25, 0.3) is 11.2 Å². The van der Waals surface area contributed by atoms with Gasteiger partial charge in [0, 0.05) is 6.20 Å². The second-order valence-corrected chi connectivity index (χ2v) is 2.31. The van der Waals surface area contributed by atoms with Crippen molar-refractivity contribution >= 4 is 17.1 Å². The molecule has 7 nitrogen and oxygen atoms in total. The van der Waals surface area contributed by atoms with Gasteiger partial charge in [0.1, 0.15) is 0 Å². The van der Waals surface area contributed by atoms with E-state index in [-0.39, 0.29) is 16.7 Å². The molecule has 0 aliphatic carbocycles. The normalized spacial score (nSPS) is 10.5. The SMILES string of the molecule is O=C(O)c1ccnc2c1nnn2O. The van der Waals surface area contributed by atoms with E-state index >= 15 is 0 Å². The van der Waals surface area contributed by atoms with Gasteiger partial charge in [0.25, 0.3) is 0 Å². The maximum absolute atomic E-state index is 10.6. The minimum Gasteiger partial charge on any atom is -0.478 e. The van der Waals surface area contributed by atoms with Gasteiger partial charge in [-0.2, -0.15) is 0 Å². The van der Waals surface area contributed by atoms with Crippen LogP contribution in [0.3, 0.4) is 0 Å². The first kappa shape index (κ1) is 7.47. The number of pyridine rings is 1. The highest BCUT2D eigenvalue weighted by atomic mass is 16.5. The van der Waals surface area contributed by atoms with E-state index in [9.17, 15) is 4.79 Å². The van der Waals surface area contributed by atoms with Gasteiger partial charge in [-0.15, -0.1) is 5.10 Å². The molecule has 0 aliphatic heterocycles. The van der Waals surface area contributed by atoms with Crippen LogP contribution in [0.1, 0.15) is 10.4 Å². The number of hydrogen-bond donors (Lipinski definition) is 2. The van der Waals surface area contributed by atoms with E-state index in [1.807, 2.05) is 0 Å². The fraction of sp³-hybridized carbons (Fsp3) is 0. The van der Waals surface area contributed by atoms with Crippen molar-refractivity contribution in [2.24, 2.45) is 0 Å². The Kier molecular flexibility index (Phi) is 1.38. The first-order valence-electron chi connectivity index (χ1n) is 3.33. The highest BCUT2D eigenvalue weighted by molar-refractivity contribution is 5.99. The van der Waals surface area contributed by atoms with Gasteiger partial charge in [-0.3, -0.25) is 0 Å². The average Bonchev–Trinajstić information content (AvgIpc) is 2.48. The number of aromatic carboxylic acids is 1. The summed E-state index contributed by atoms with van der Waals surface area (Å²) in [5.41, 5.74) is 0.0581. The molecule has 0 unspecified atom stereocenters. The minimum absolute atomic E-state index is 0.0277. The molecule has 0 atom stereocenters. The Morgan fingerprint density at radius 1 is 1.54 bits per heavy atom. The second-order valence-electron chi connectivity index (χ2n) is 2.31. The Hall–Kier alpha value is -2.18. The summed E-state index contributed by atoms with van der Waals surface area (Å²) < 4.78 is 0. The van der Waals surface area contributed by atoms with Crippen LogP contribution < -0.4 is 0 Å². The van der Waals surface area contributed by atoms with Crippen LogP contribution in [-0.4, -0.2) is 36.4 Å². The van der Waals surface area contributed by atoms with Crippen molar-refractivity contribution in [3.05, 3.63) is 17.8 Å². The van der Waals surface area contributed by atoms with Gasteiger partial charge in [-0.25, -0.2) is 9.78 Å². The number of nitrogens with zero attached hydrogens (tertiary/aromatic N) is 4. The predicted molar refractivity (Wildman–Crippen MR) is 39.5 cm³/mol. The maximum atomic E-state index is 10.6. The summed E-state index contributed by atoms with van der Waals surface area (Å²) in [5, 5.41) is 24.4. The molecule has 7 heteroatoms. The molecule has 0 aliphatic rings. The van der Waals surface area contributed by atoms with Crippen molar-refractivity contribution in [2.45, 2.75) is 0 Å². The van der Waals surface area contributed by atoms with Crippen LogP contribution in [0.4, 0.5) is 0 Å². The lowest BCUT2D eigenvalue weighted by molar-refractivity contribution is 0.0698. The number of carboxylic acid groups (broad SMARTS) is 1.